The summed E-state index contributed by atoms with van der Waals surface area (Å²) in [6.07, 6.45) is 2.39. The van der Waals surface area contributed by atoms with Gasteiger partial charge in [0.2, 0.25) is 0 Å². The van der Waals surface area contributed by atoms with Crippen LogP contribution in [0, 0.1) is 0 Å². The zero-order chi connectivity index (χ0) is 28.5. The molecule has 2 aromatic carbocycles. The number of unbranched alkanes of at least 4 members (excludes halogenated alkanes) is 1. The summed E-state index contributed by atoms with van der Waals surface area (Å²) < 4.78 is 10.8. The summed E-state index contributed by atoms with van der Waals surface area (Å²) >= 11 is 12.9. The van der Waals surface area contributed by atoms with Crippen LogP contribution >= 0.6 is 23.2 Å². The van der Waals surface area contributed by atoms with Crippen LogP contribution in [0.25, 0.3) is 0 Å². The molecule has 1 fully saturated rings. The quantitative estimate of drug-likeness (QED) is 0.217. The highest BCUT2D eigenvalue weighted by Crippen LogP contribution is 2.37. The van der Waals surface area contributed by atoms with Crippen LogP contribution in [0.4, 0.5) is 5.69 Å². The molecule has 0 bridgehead atoms. The molecule has 8 nitrogen and oxygen atoms in total. The second-order valence-corrected chi connectivity index (χ2v) is 10.5. The lowest BCUT2D eigenvalue weighted by molar-refractivity contribution is 0.0498. The Hall–Kier alpha value is -2.88. The number of aliphatic hydroxyl groups excluding tert-OH is 2. The second-order valence-electron chi connectivity index (χ2n) is 9.68. The number of aromatic nitrogens is 1. The van der Waals surface area contributed by atoms with Crippen molar-refractivity contribution < 1.29 is 24.5 Å². The SMILES string of the molecule is CCCCOC(=O)c1ccc([C@H](O)CN2CCN(c3ccc(OCCO)cc3Cl)[C@H](c3ccc(Cl)cc3)C2)nc1. The summed E-state index contributed by atoms with van der Waals surface area (Å²) in [5, 5.41) is 21.3. The Bertz CT molecular complexity index is 1240. The molecule has 2 N–H and O–H groups in total. The monoisotopic (exact) mass is 587 g/mol. The third-order valence-corrected chi connectivity index (χ3v) is 7.39. The average Bonchev–Trinajstić information content (AvgIpc) is 2.97. The Kier molecular flexibility index (Phi) is 11.0. The number of piperazine rings is 1. The Labute approximate surface area is 245 Å². The van der Waals surface area contributed by atoms with Gasteiger partial charge in [-0.2, -0.15) is 0 Å². The fraction of sp³-hybridized carbons (Fsp3) is 0.400. The molecule has 40 heavy (non-hydrogen) atoms. The zero-order valence-electron chi connectivity index (χ0n) is 22.5. The van der Waals surface area contributed by atoms with E-state index in [9.17, 15) is 9.90 Å². The van der Waals surface area contributed by atoms with Crippen LogP contribution in [0.15, 0.2) is 60.8 Å². The molecule has 0 saturated carbocycles. The molecule has 4 rings (SSSR count). The number of rotatable bonds is 12. The van der Waals surface area contributed by atoms with Gasteiger partial charge in [0.25, 0.3) is 0 Å². The number of aliphatic hydroxyl groups is 2. The van der Waals surface area contributed by atoms with Gasteiger partial charge in [-0.25, -0.2) is 4.79 Å². The zero-order valence-corrected chi connectivity index (χ0v) is 24.0. The van der Waals surface area contributed by atoms with E-state index in [1.807, 2.05) is 43.3 Å². The van der Waals surface area contributed by atoms with E-state index in [0.717, 1.165) is 24.1 Å². The Morgan fingerprint density at radius 3 is 2.58 bits per heavy atom. The number of carbonyl (C=O) groups excluding carboxylic acids is 1. The fourth-order valence-corrected chi connectivity index (χ4v) is 5.10. The molecule has 3 aromatic rings. The minimum atomic E-state index is -0.825. The summed E-state index contributed by atoms with van der Waals surface area (Å²) in [4.78, 5) is 21.0. The number of nitrogens with zero attached hydrogens (tertiary/aromatic N) is 3. The van der Waals surface area contributed by atoms with Crippen molar-refractivity contribution in [3.63, 3.8) is 0 Å². The summed E-state index contributed by atoms with van der Waals surface area (Å²) in [6.45, 7) is 4.93. The van der Waals surface area contributed by atoms with E-state index < -0.39 is 12.1 Å². The van der Waals surface area contributed by atoms with Crippen LogP contribution in [-0.4, -0.2) is 72.1 Å². The Balaban J connectivity index is 1.47. The predicted octanol–water partition coefficient (Wildman–Crippen LogP) is 5.31. The van der Waals surface area contributed by atoms with Crippen molar-refractivity contribution in [2.24, 2.45) is 0 Å². The number of benzene rings is 2. The van der Waals surface area contributed by atoms with Crippen molar-refractivity contribution in [1.29, 1.82) is 0 Å². The fourth-order valence-electron chi connectivity index (χ4n) is 4.69. The first-order chi connectivity index (χ1) is 19.4. The molecule has 214 valence electrons. The maximum atomic E-state index is 12.2. The van der Waals surface area contributed by atoms with Gasteiger partial charge in [-0.1, -0.05) is 48.7 Å². The van der Waals surface area contributed by atoms with E-state index in [0.29, 0.717) is 59.8 Å². The van der Waals surface area contributed by atoms with Gasteiger partial charge in [0, 0.05) is 43.5 Å². The van der Waals surface area contributed by atoms with Gasteiger partial charge in [-0.3, -0.25) is 9.88 Å². The first-order valence-electron chi connectivity index (χ1n) is 13.5. The molecule has 1 aliphatic heterocycles. The lowest BCUT2D eigenvalue weighted by Crippen LogP contribution is -2.49. The van der Waals surface area contributed by atoms with Crippen molar-refractivity contribution in [2.45, 2.75) is 31.9 Å². The molecule has 2 atom stereocenters. The molecular formula is C30H35Cl2N3O5. The van der Waals surface area contributed by atoms with E-state index in [1.54, 1.807) is 18.2 Å². The lowest BCUT2D eigenvalue weighted by atomic mass is 10.0. The van der Waals surface area contributed by atoms with Crippen molar-refractivity contribution in [3.8, 4) is 5.75 Å². The normalized spacial score (nSPS) is 16.5. The van der Waals surface area contributed by atoms with Crippen LogP contribution < -0.4 is 9.64 Å². The molecule has 0 aliphatic carbocycles. The number of halogens is 2. The molecule has 0 unspecified atom stereocenters. The first kappa shape index (κ1) is 30.1. The molecule has 0 amide bonds. The largest absolute Gasteiger partial charge is 0.491 e. The molecule has 1 saturated heterocycles. The predicted molar refractivity (Wildman–Crippen MR) is 156 cm³/mol. The summed E-state index contributed by atoms with van der Waals surface area (Å²) in [7, 11) is 0. The minimum Gasteiger partial charge on any atom is -0.491 e. The van der Waals surface area contributed by atoms with Crippen molar-refractivity contribution in [3.05, 3.63) is 87.7 Å². The third kappa shape index (κ3) is 7.86. The van der Waals surface area contributed by atoms with Crippen molar-refractivity contribution in [2.75, 3.05) is 50.9 Å². The van der Waals surface area contributed by atoms with Crippen molar-refractivity contribution >= 4 is 34.9 Å². The standard InChI is InChI=1S/C30H35Cl2N3O5/c1-2-3-15-40-30(38)22-6-10-26(33-18-22)29(37)20-34-12-13-35(28(19-34)21-4-7-23(31)8-5-21)27-11-9-24(17-25(27)32)39-16-14-36/h4-11,17-18,28-29,36-37H,2-3,12-16,19-20H2,1H3/t28-,29+/m0/s1. The van der Waals surface area contributed by atoms with Crippen LogP contribution in [0.1, 0.15) is 53.5 Å². The van der Waals surface area contributed by atoms with Crippen LogP contribution in [0.2, 0.25) is 10.0 Å². The number of hydrogen-bond donors (Lipinski definition) is 2. The number of pyridine rings is 1. The van der Waals surface area contributed by atoms with Gasteiger partial charge in [0.1, 0.15) is 18.5 Å². The number of carbonyl (C=O) groups is 1. The average molecular weight is 589 g/mol. The van der Waals surface area contributed by atoms with Crippen molar-refractivity contribution in [1.82, 2.24) is 9.88 Å². The Morgan fingerprint density at radius 1 is 1.10 bits per heavy atom. The van der Waals surface area contributed by atoms with E-state index >= 15 is 0 Å². The van der Waals surface area contributed by atoms with Gasteiger partial charge in [0.15, 0.2) is 0 Å². The maximum absolute atomic E-state index is 12.2. The molecule has 1 aromatic heterocycles. The number of β-amino-alcohol motifs (C(OH)–C–C–N with tert-alkyl or cyclic N) is 1. The third-order valence-electron chi connectivity index (χ3n) is 6.83. The minimum absolute atomic E-state index is 0.0480. The molecule has 1 aliphatic rings. The highest BCUT2D eigenvalue weighted by molar-refractivity contribution is 6.33. The first-order valence-corrected chi connectivity index (χ1v) is 14.2. The van der Waals surface area contributed by atoms with E-state index in [4.69, 9.17) is 37.8 Å². The van der Waals surface area contributed by atoms with Crippen LogP contribution in [-0.2, 0) is 4.74 Å². The maximum Gasteiger partial charge on any atom is 0.339 e. The second kappa shape index (κ2) is 14.7. The number of esters is 1. The number of hydrogen-bond acceptors (Lipinski definition) is 8. The summed E-state index contributed by atoms with van der Waals surface area (Å²) in [5.74, 6) is 0.191. The van der Waals surface area contributed by atoms with E-state index in [2.05, 4.69) is 14.8 Å². The van der Waals surface area contributed by atoms with E-state index in [-0.39, 0.29) is 19.3 Å². The van der Waals surface area contributed by atoms with Gasteiger partial charge < -0.3 is 24.6 Å². The van der Waals surface area contributed by atoms with Gasteiger partial charge in [-0.05, 0) is 48.4 Å². The van der Waals surface area contributed by atoms with Crippen LogP contribution in [0.5, 0.6) is 5.75 Å². The highest BCUT2D eigenvalue weighted by atomic mass is 35.5. The Morgan fingerprint density at radius 2 is 1.90 bits per heavy atom. The summed E-state index contributed by atoms with van der Waals surface area (Å²) in [6, 6.07) is 16.6. The van der Waals surface area contributed by atoms with E-state index in [1.165, 1.54) is 6.20 Å². The highest BCUT2D eigenvalue weighted by Gasteiger charge is 2.31. The molecular weight excluding hydrogens is 553 g/mol. The molecule has 0 radical (unpaired) electrons. The molecule has 2 heterocycles. The topological polar surface area (TPSA) is 95.4 Å². The van der Waals surface area contributed by atoms with Crippen LogP contribution in [0.3, 0.4) is 0 Å². The van der Waals surface area contributed by atoms with Gasteiger partial charge in [0.05, 0.1) is 41.2 Å². The van der Waals surface area contributed by atoms with Gasteiger partial charge >= 0.3 is 5.97 Å². The lowest BCUT2D eigenvalue weighted by Gasteiger charge is -2.44. The number of ether oxygens (including phenoxy) is 2. The van der Waals surface area contributed by atoms with Gasteiger partial charge in [-0.15, -0.1) is 0 Å². The molecule has 0 spiro atoms. The molecule has 10 heteroatoms. The number of anilines is 1. The smallest absolute Gasteiger partial charge is 0.339 e. The summed E-state index contributed by atoms with van der Waals surface area (Å²) in [5.41, 5.74) is 2.82.